The van der Waals surface area contributed by atoms with Crippen molar-refractivity contribution in [1.82, 2.24) is 29.0 Å². The molecule has 50 heavy (non-hydrogen) atoms. The number of likely N-dealkylation sites (tertiary alicyclic amines) is 1. The van der Waals surface area contributed by atoms with E-state index in [0.717, 1.165) is 33.9 Å². The molecule has 0 aliphatic carbocycles. The van der Waals surface area contributed by atoms with E-state index in [0.29, 0.717) is 37.6 Å². The fraction of sp³-hybridized carbons (Fsp3) is 0.353. The van der Waals surface area contributed by atoms with Crippen molar-refractivity contribution in [1.29, 1.82) is 0 Å². The Hall–Kier alpha value is -5.02. The molecule has 0 spiro atoms. The molecule has 1 fully saturated rings. The number of hydrogen-bond acceptors (Lipinski definition) is 8. The molecule has 1 aromatic carbocycles. The van der Waals surface area contributed by atoms with Gasteiger partial charge in [-0.2, -0.15) is 22.7 Å². The van der Waals surface area contributed by atoms with Crippen LogP contribution in [0.1, 0.15) is 66.7 Å². The van der Waals surface area contributed by atoms with Crippen molar-refractivity contribution in [3.63, 3.8) is 0 Å². The Morgan fingerprint density at radius 3 is 2.66 bits per heavy atom. The van der Waals surface area contributed by atoms with Crippen LogP contribution in [0.5, 0.6) is 5.75 Å². The van der Waals surface area contributed by atoms with Crippen LogP contribution >= 0.6 is 11.6 Å². The minimum atomic E-state index is -4.61. The standard InChI is InChI=1S/C34H33ClF3N7O5/c1-4-25-22(14-19-16-33(2,3)44(17-19)31(49)28-26(46)6-5-11-39-28)30(48)45-32(41-29(42-45)20-9-12-50-13-10-20)43(25)18-27(47)40-24-8-7-21(15-23(24)35)34(36,37)38/h5-9,11,14-15,46H,4,10,12-13,16-18H2,1-3H3,(H,40,47)/b19-14+. The number of benzene rings is 1. The first kappa shape index (κ1) is 34.8. The van der Waals surface area contributed by atoms with Crippen molar-refractivity contribution in [2.75, 3.05) is 25.1 Å². The van der Waals surface area contributed by atoms with Crippen molar-refractivity contribution in [3.05, 3.63) is 91.9 Å². The summed E-state index contributed by atoms with van der Waals surface area (Å²) in [4.78, 5) is 51.4. The van der Waals surface area contributed by atoms with E-state index in [1.807, 2.05) is 26.8 Å². The number of fused-ring (bicyclic) bond motifs is 1. The van der Waals surface area contributed by atoms with E-state index in [2.05, 4.69) is 20.4 Å². The summed E-state index contributed by atoms with van der Waals surface area (Å²) >= 11 is 6.11. The molecule has 6 rings (SSSR count). The van der Waals surface area contributed by atoms with Gasteiger partial charge in [-0.25, -0.2) is 4.98 Å². The summed E-state index contributed by atoms with van der Waals surface area (Å²) in [5, 5.41) is 17.1. The Balaban J connectivity index is 1.42. The first-order valence-corrected chi connectivity index (χ1v) is 16.2. The Bertz CT molecular complexity index is 2140. The summed E-state index contributed by atoms with van der Waals surface area (Å²) in [6.07, 6.45) is 1.52. The molecule has 2 amide bonds. The van der Waals surface area contributed by atoms with Crippen LogP contribution in [-0.2, 0) is 28.7 Å². The highest BCUT2D eigenvalue weighted by Crippen LogP contribution is 2.36. The number of hydrogen-bond donors (Lipinski definition) is 2. The lowest BCUT2D eigenvalue weighted by atomic mass is 9.98. The van der Waals surface area contributed by atoms with Gasteiger partial charge < -0.3 is 24.6 Å². The Morgan fingerprint density at radius 2 is 2.00 bits per heavy atom. The topological polar surface area (TPSA) is 144 Å². The van der Waals surface area contributed by atoms with E-state index in [9.17, 15) is 32.7 Å². The molecule has 0 saturated carbocycles. The number of anilines is 1. The third kappa shape index (κ3) is 6.74. The number of alkyl halides is 3. The molecule has 2 aliphatic rings. The van der Waals surface area contributed by atoms with E-state index < -0.39 is 34.7 Å². The van der Waals surface area contributed by atoms with Crippen molar-refractivity contribution in [2.45, 2.75) is 58.3 Å². The van der Waals surface area contributed by atoms with E-state index >= 15 is 0 Å². The van der Waals surface area contributed by atoms with Gasteiger partial charge in [0.05, 0.1) is 35.1 Å². The van der Waals surface area contributed by atoms with Gasteiger partial charge in [0.25, 0.3) is 11.5 Å². The molecule has 2 aliphatic heterocycles. The van der Waals surface area contributed by atoms with Crippen molar-refractivity contribution >= 4 is 46.5 Å². The Labute approximate surface area is 288 Å². The number of carbonyl (C=O) groups excluding carboxylic acids is 2. The second-order valence-corrected chi connectivity index (χ2v) is 13.0. The molecule has 0 unspecified atom stereocenters. The van der Waals surface area contributed by atoms with Crippen molar-refractivity contribution in [3.8, 4) is 5.75 Å². The van der Waals surface area contributed by atoms with E-state index in [1.165, 1.54) is 18.3 Å². The molecule has 0 radical (unpaired) electrons. The average molecular weight is 712 g/mol. The fourth-order valence-corrected chi connectivity index (χ4v) is 6.49. The number of amides is 2. The summed E-state index contributed by atoms with van der Waals surface area (Å²) in [6.45, 7) is 6.11. The van der Waals surface area contributed by atoms with Crippen LogP contribution in [0.2, 0.25) is 5.02 Å². The number of halogens is 4. The fourth-order valence-electron chi connectivity index (χ4n) is 6.26. The van der Waals surface area contributed by atoms with Crippen molar-refractivity contribution in [2.24, 2.45) is 0 Å². The highest BCUT2D eigenvalue weighted by Gasteiger charge is 2.40. The zero-order chi connectivity index (χ0) is 36.0. The van der Waals surface area contributed by atoms with E-state index in [-0.39, 0.29) is 53.0 Å². The zero-order valence-corrected chi connectivity index (χ0v) is 28.1. The van der Waals surface area contributed by atoms with Crippen molar-refractivity contribution < 1.29 is 32.6 Å². The molecular weight excluding hydrogens is 679 g/mol. The number of nitrogens with zero attached hydrogens (tertiary/aromatic N) is 6. The molecule has 3 aromatic heterocycles. The molecule has 12 nitrogen and oxygen atoms in total. The van der Waals surface area contributed by atoms with Crippen LogP contribution in [0, 0.1) is 0 Å². The minimum absolute atomic E-state index is 0.0199. The minimum Gasteiger partial charge on any atom is -0.505 e. The molecule has 262 valence electrons. The van der Waals surface area contributed by atoms with Gasteiger partial charge in [-0.15, -0.1) is 5.10 Å². The molecule has 4 aromatic rings. The van der Waals surface area contributed by atoms with Crippen LogP contribution in [0.4, 0.5) is 18.9 Å². The van der Waals surface area contributed by atoms with E-state index in [4.69, 9.17) is 16.3 Å². The SMILES string of the molecule is CCc1c(/C=C2/CN(C(=O)c3ncccc3O)C(C)(C)C2)c(=O)n2nc(C3=CCOCC3)nc2n1CC(=O)Nc1ccc(C(F)(F)F)cc1Cl. The second-order valence-electron chi connectivity index (χ2n) is 12.6. The highest BCUT2D eigenvalue weighted by atomic mass is 35.5. The first-order chi connectivity index (χ1) is 23.7. The van der Waals surface area contributed by atoms with Gasteiger partial charge in [0.2, 0.25) is 11.7 Å². The molecule has 5 heterocycles. The Morgan fingerprint density at radius 1 is 1.22 bits per heavy atom. The maximum Gasteiger partial charge on any atom is 0.416 e. The summed E-state index contributed by atoms with van der Waals surface area (Å²) in [7, 11) is 0. The number of pyridine rings is 1. The number of rotatable bonds is 7. The predicted octanol–water partition coefficient (Wildman–Crippen LogP) is 5.38. The van der Waals surface area contributed by atoms with Gasteiger partial charge in [-0.1, -0.05) is 24.6 Å². The van der Waals surface area contributed by atoms with E-state index in [1.54, 1.807) is 15.5 Å². The summed E-state index contributed by atoms with van der Waals surface area (Å²) in [6, 6.07) is 5.53. The number of nitrogens with one attached hydrogen (secondary N) is 1. The van der Waals surface area contributed by atoms with Gasteiger partial charge in [-0.05, 0) is 80.7 Å². The molecular formula is C34H33ClF3N7O5. The summed E-state index contributed by atoms with van der Waals surface area (Å²) in [5.41, 5.74) is -0.0437. The smallest absolute Gasteiger partial charge is 0.416 e. The van der Waals surface area contributed by atoms with Gasteiger partial charge in [0, 0.05) is 24.0 Å². The lowest BCUT2D eigenvalue weighted by Crippen LogP contribution is -2.43. The van der Waals surface area contributed by atoms with Crippen LogP contribution in [0.3, 0.4) is 0 Å². The summed E-state index contributed by atoms with van der Waals surface area (Å²) < 4.78 is 47.7. The van der Waals surface area contributed by atoms with Crippen LogP contribution < -0.4 is 10.9 Å². The third-order valence-corrected chi connectivity index (χ3v) is 9.00. The third-order valence-electron chi connectivity index (χ3n) is 8.68. The first-order valence-electron chi connectivity index (χ1n) is 15.8. The zero-order valence-electron chi connectivity index (χ0n) is 27.3. The second kappa shape index (κ2) is 13.4. The maximum absolute atomic E-state index is 14.1. The molecule has 0 bridgehead atoms. The Kier molecular flexibility index (Phi) is 9.31. The largest absolute Gasteiger partial charge is 0.505 e. The predicted molar refractivity (Wildman–Crippen MR) is 179 cm³/mol. The van der Waals surface area contributed by atoms with Gasteiger partial charge in [0.15, 0.2) is 11.5 Å². The quantitative estimate of drug-likeness (QED) is 0.260. The number of ether oxygens (including phenoxy) is 1. The molecule has 1 saturated heterocycles. The lowest BCUT2D eigenvalue weighted by molar-refractivity contribution is -0.137. The van der Waals surface area contributed by atoms with Crippen LogP contribution in [-0.4, -0.2) is 71.3 Å². The maximum atomic E-state index is 14.1. The van der Waals surface area contributed by atoms with Gasteiger partial charge in [-0.3, -0.25) is 14.4 Å². The lowest BCUT2D eigenvalue weighted by Gasteiger charge is -2.30. The van der Waals surface area contributed by atoms with Gasteiger partial charge >= 0.3 is 6.18 Å². The highest BCUT2D eigenvalue weighted by molar-refractivity contribution is 6.33. The normalized spacial score (nSPS) is 17.0. The average Bonchev–Trinajstić information content (AvgIpc) is 3.65. The molecule has 0 atom stereocenters. The molecule has 16 heteroatoms. The number of aromatic nitrogens is 5. The van der Waals surface area contributed by atoms with Crippen LogP contribution in [0.15, 0.2) is 53.0 Å². The number of carbonyl (C=O) groups is 2. The monoisotopic (exact) mass is 711 g/mol. The summed E-state index contributed by atoms with van der Waals surface area (Å²) in [5.74, 6) is -0.950. The number of aromatic hydroxyl groups is 1. The van der Waals surface area contributed by atoms with Crippen LogP contribution in [0.25, 0.3) is 17.4 Å². The van der Waals surface area contributed by atoms with Gasteiger partial charge in [0.1, 0.15) is 12.3 Å². The molecule has 2 N–H and O–H groups in total.